The SMILES string of the molecule is CC1(NC(=O)COc2ccc(Cl)cc2)CCC(NC(=O)COc2ccc(Cl)cc2)CC1. The third-order valence-electron chi connectivity index (χ3n) is 5.26. The van der Waals surface area contributed by atoms with E-state index < -0.39 is 0 Å². The number of hydrogen-bond acceptors (Lipinski definition) is 4. The fourth-order valence-electron chi connectivity index (χ4n) is 3.53. The number of nitrogens with one attached hydrogen (secondary N) is 2. The lowest BCUT2D eigenvalue weighted by atomic mass is 9.80. The number of halogens is 2. The molecule has 2 amide bonds. The predicted octanol–water partition coefficient (Wildman–Crippen LogP) is 4.38. The predicted molar refractivity (Wildman–Crippen MR) is 121 cm³/mol. The third kappa shape index (κ3) is 7.64. The number of amides is 2. The molecular weight excluding hydrogens is 439 g/mol. The molecule has 0 bridgehead atoms. The minimum Gasteiger partial charge on any atom is -0.484 e. The van der Waals surface area contributed by atoms with E-state index in [4.69, 9.17) is 32.7 Å². The van der Waals surface area contributed by atoms with Crippen LogP contribution in [0.5, 0.6) is 11.5 Å². The van der Waals surface area contributed by atoms with Gasteiger partial charge < -0.3 is 20.1 Å². The molecule has 0 spiro atoms. The number of hydrogen-bond donors (Lipinski definition) is 2. The van der Waals surface area contributed by atoms with Crippen LogP contribution in [0.25, 0.3) is 0 Å². The molecule has 1 saturated carbocycles. The summed E-state index contributed by atoms with van der Waals surface area (Å²) in [6.07, 6.45) is 3.09. The second-order valence-corrected chi connectivity index (χ2v) is 8.81. The van der Waals surface area contributed by atoms with Gasteiger partial charge in [-0.15, -0.1) is 0 Å². The minimum atomic E-state index is -0.318. The molecule has 1 fully saturated rings. The lowest BCUT2D eigenvalue weighted by molar-refractivity contribution is -0.126. The van der Waals surface area contributed by atoms with Gasteiger partial charge in [-0.3, -0.25) is 9.59 Å². The van der Waals surface area contributed by atoms with Crippen molar-refractivity contribution < 1.29 is 19.1 Å². The molecule has 1 aliphatic rings. The molecule has 0 atom stereocenters. The van der Waals surface area contributed by atoms with Gasteiger partial charge in [-0.1, -0.05) is 23.2 Å². The van der Waals surface area contributed by atoms with E-state index in [1.807, 2.05) is 6.92 Å². The number of benzene rings is 2. The van der Waals surface area contributed by atoms with Crippen molar-refractivity contribution in [3.05, 3.63) is 58.6 Å². The van der Waals surface area contributed by atoms with Gasteiger partial charge in [-0.25, -0.2) is 0 Å². The van der Waals surface area contributed by atoms with Crippen LogP contribution in [0.2, 0.25) is 10.0 Å². The lowest BCUT2D eigenvalue weighted by Gasteiger charge is -2.38. The summed E-state index contributed by atoms with van der Waals surface area (Å²) in [6, 6.07) is 13.8. The Morgan fingerprint density at radius 1 is 0.871 bits per heavy atom. The summed E-state index contributed by atoms with van der Waals surface area (Å²) >= 11 is 11.7. The average Bonchev–Trinajstić information content (AvgIpc) is 2.75. The van der Waals surface area contributed by atoms with Crippen molar-refractivity contribution in [2.45, 2.75) is 44.2 Å². The van der Waals surface area contributed by atoms with Crippen LogP contribution in [-0.2, 0) is 9.59 Å². The van der Waals surface area contributed by atoms with E-state index in [1.165, 1.54) is 0 Å². The van der Waals surface area contributed by atoms with Crippen LogP contribution in [0.4, 0.5) is 0 Å². The molecule has 0 aliphatic heterocycles. The molecular formula is C23H26Cl2N2O4. The Morgan fingerprint density at radius 2 is 1.32 bits per heavy atom. The number of ether oxygens (including phenoxy) is 2. The van der Waals surface area contributed by atoms with E-state index >= 15 is 0 Å². The molecule has 166 valence electrons. The monoisotopic (exact) mass is 464 g/mol. The van der Waals surface area contributed by atoms with Gasteiger partial charge in [0.05, 0.1) is 0 Å². The van der Waals surface area contributed by atoms with Crippen LogP contribution in [0.1, 0.15) is 32.6 Å². The van der Waals surface area contributed by atoms with Gasteiger partial charge in [-0.05, 0) is 81.1 Å². The summed E-state index contributed by atoms with van der Waals surface area (Å²) in [5, 5.41) is 7.30. The second kappa shape index (κ2) is 10.7. The van der Waals surface area contributed by atoms with Gasteiger partial charge in [0, 0.05) is 21.6 Å². The first-order valence-electron chi connectivity index (χ1n) is 10.2. The summed E-state index contributed by atoms with van der Waals surface area (Å²) in [5.74, 6) is 0.858. The van der Waals surface area contributed by atoms with Gasteiger partial charge in [-0.2, -0.15) is 0 Å². The molecule has 31 heavy (non-hydrogen) atoms. The van der Waals surface area contributed by atoms with Crippen molar-refractivity contribution in [2.24, 2.45) is 0 Å². The summed E-state index contributed by atoms with van der Waals surface area (Å²) in [5.41, 5.74) is -0.318. The molecule has 0 heterocycles. The van der Waals surface area contributed by atoms with Crippen LogP contribution in [0.15, 0.2) is 48.5 Å². The van der Waals surface area contributed by atoms with Crippen LogP contribution in [0.3, 0.4) is 0 Å². The summed E-state index contributed by atoms with van der Waals surface area (Å²) in [4.78, 5) is 24.5. The Kier molecular flexibility index (Phi) is 8.04. The molecule has 0 saturated heterocycles. The van der Waals surface area contributed by atoms with Crippen LogP contribution in [0, 0.1) is 0 Å². The van der Waals surface area contributed by atoms with Crippen molar-refractivity contribution in [3.63, 3.8) is 0 Å². The molecule has 0 aromatic heterocycles. The standard InChI is InChI=1S/C23H26Cl2N2O4/c1-23(27-22(29)15-31-20-8-4-17(25)5-9-20)12-10-18(11-13-23)26-21(28)14-30-19-6-2-16(24)3-7-19/h2-9,18H,10-15H2,1H3,(H,26,28)(H,27,29). The van der Waals surface area contributed by atoms with Crippen LogP contribution in [-0.4, -0.2) is 36.6 Å². The molecule has 6 nitrogen and oxygen atoms in total. The maximum absolute atomic E-state index is 12.3. The van der Waals surface area contributed by atoms with Crippen molar-refractivity contribution in [3.8, 4) is 11.5 Å². The maximum Gasteiger partial charge on any atom is 0.258 e. The van der Waals surface area contributed by atoms with E-state index in [1.54, 1.807) is 48.5 Å². The zero-order valence-electron chi connectivity index (χ0n) is 17.3. The highest BCUT2D eigenvalue weighted by Crippen LogP contribution is 2.28. The van der Waals surface area contributed by atoms with E-state index in [2.05, 4.69) is 10.6 Å². The van der Waals surface area contributed by atoms with Gasteiger partial charge in [0.25, 0.3) is 11.8 Å². The minimum absolute atomic E-state index is 0.0474. The smallest absolute Gasteiger partial charge is 0.258 e. The van der Waals surface area contributed by atoms with Crippen molar-refractivity contribution >= 4 is 35.0 Å². The highest BCUT2D eigenvalue weighted by Gasteiger charge is 2.33. The van der Waals surface area contributed by atoms with Crippen molar-refractivity contribution in [1.29, 1.82) is 0 Å². The molecule has 2 N–H and O–H groups in total. The Labute approximate surface area is 192 Å². The van der Waals surface area contributed by atoms with E-state index in [0.29, 0.717) is 21.5 Å². The van der Waals surface area contributed by atoms with Crippen molar-refractivity contribution in [1.82, 2.24) is 10.6 Å². The summed E-state index contributed by atoms with van der Waals surface area (Å²) < 4.78 is 11.0. The second-order valence-electron chi connectivity index (χ2n) is 7.94. The molecule has 2 aromatic rings. The number of carbonyl (C=O) groups excluding carboxylic acids is 2. The van der Waals surface area contributed by atoms with Crippen molar-refractivity contribution in [2.75, 3.05) is 13.2 Å². The average molecular weight is 465 g/mol. The molecule has 0 radical (unpaired) electrons. The van der Waals surface area contributed by atoms with Gasteiger partial charge in [0.15, 0.2) is 13.2 Å². The summed E-state index contributed by atoms with van der Waals surface area (Å²) in [7, 11) is 0. The highest BCUT2D eigenvalue weighted by atomic mass is 35.5. The number of carbonyl (C=O) groups is 2. The zero-order chi connectivity index (χ0) is 22.3. The molecule has 3 rings (SSSR count). The first-order valence-corrected chi connectivity index (χ1v) is 10.9. The van der Waals surface area contributed by atoms with Crippen LogP contribution < -0.4 is 20.1 Å². The zero-order valence-corrected chi connectivity index (χ0v) is 18.8. The first-order chi connectivity index (χ1) is 14.8. The highest BCUT2D eigenvalue weighted by molar-refractivity contribution is 6.30. The Hall–Kier alpha value is -2.44. The fraction of sp³-hybridized carbons (Fsp3) is 0.391. The third-order valence-corrected chi connectivity index (χ3v) is 5.77. The number of rotatable bonds is 8. The fourth-order valence-corrected chi connectivity index (χ4v) is 3.78. The Morgan fingerprint density at radius 3 is 1.81 bits per heavy atom. The van der Waals surface area contributed by atoms with Gasteiger partial charge >= 0.3 is 0 Å². The lowest BCUT2D eigenvalue weighted by Crippen LogP contribution is -2.52. The topological polar surface area (TPSA) is 76.7 Å². The van der Waals surface area contributed by atoms with Gasteiger partial charge in [0.1, 0.15) is 11.5 Å². The quantitative estimate of drug-likeness (QED) is 0.607. The molecule has 2 aromatic carbocycles. The Bertz CT molecular complexity index is 879. The van der Waals surface area contributed by atoms with E-state index in [0.717, 1.165) is 25.7 Å². The first kappa shape index (κ1) is 23.2. The van der Waals surface area contributed by atoms with Gasteiger partial charge in [0.2, 0.25) is 0 Å². The largest absolute Gasteiger partial charge is 0.484 e. The maximum atomic E-state index is 12.3. The van der Waals surface area contributed by atoms with Crippen LogP contribution >= 0.6 is 23.2 Å². The normalized spacial score (nSPS) is 20.5. The molecule has 0 unspecified atom stereocenters. The molecule has 1 aliphatic carbocycles. The molecule has 8 heteroatoms. The van der Waals surface area contributed by atoms with E-state index in [9.17, 15) is 9.59 Å². The Balaban J connectivity index is 1.36. The van der Waals surface area contributed by atoms with E-state index in [-0.39, 0.29) is 36.6 Å². The summed E-state index contributed by atoms with van der Waals surface area (Å²) in [6.45, 7) is 1.92.